The number of fused-ring (bicyclic) bond motifs is 20. The van der Waals surface area contributed by atoms with Crippen molar-refractivity contribution in [2.75, 3.05) is 0 Å². The van der Waals surface area contributed by atoms with Gasteiger partial charge in [-0.2, -0.15) is 0 Å². The van der Waals surface area contributed by atoms with Gasteiger partial charge in [0.1, 0.15) is 0 Å². The molecule has 0 radical (unpaired) electrons. The van der Waals surface area contributed by atoms with Crippen LogP contribution in [0.1, 0.15) is 44.5 Å². The van der Waals surface area contributed by atoms with E-state index in [0.717, 1.165) is 15.9 Å². The lowest BCUT2D eigenvalue weighted by Gasteiger charge is -2.31. The highest BCUT2D eigenvalue weighted by Gasteiger charge is 2.53. The minimum absolute atomic E-state index is 0.433. The van der Waals surface area contributed by atoms with Crippen molar-refractivity contribution < 1.29 is 4.57 Å². The molecular formula is C68H44OP2. The van der Waals surface area contributed by atoms with Crippen molar-refractivity contribution in [3.8, 4) is 44.5 Å². The van der Waals surface area contributed by atoms with Crippen molar-refractivity contribution in [3.63, 3.8) is 0 Å². The van der Waals surface area contributed by atoms with E-state index < -0.39 is 25.9 Å². The molecule has 332 valence electrons. The van der Waals surface area contributed by atoms with Gasteiger partial charge >= 0.3 is 0 Å². The largest absolute Gasteiger partial charge is 0.309 e. The summed E-state index contributed by atoms with van der Waals surface area (Å²) in [5, 5.41) is 6.28. The van der Waals surface area contributed by atoms with E-state index in [1.54, 1.807) is 0 Å². The number of hydrogen-bond acceptors (Lipinski definition) is 1. The van der Waals surface area contributed by atoms with Crippen molar-refractivity contribution >= 4 is 46.9 Å². The van der Waals surface area contributed by atoms with Crippen LogP contribution in [0.2, 0.25) is 0 Å². The van der Waals surface area contributed by atoms with Crippen LogP contribution >= 0.6 is 15.1 Å². The molecule has 0 aliphatic heterocycles. The molecule has 0 bridgehead atoms. The Morgan fingerprint density at radius 2 is 0.535 bits per heavy atom. The van der Waals surface area contributed by atoms with Crippen LogP contribution in [0.4, 0.5) is 0 Å². The van der Waals surface area contributed by atoms with Gasteiger partial charge in [-0.25, -0.2) is 0 Å². The van der Waals surface area contributed by atoms with Gasteiger partial charge in [0, 0.05) is 15.9 Å². The van der Waals surface area contributed by atoms with Gasteiger partial charge in [-0.15, -0.1) is 0 Å². The molecule has 0 N–H and O–H groups in total. The van der Waals surface area contributed by atoms with Crippen LogP contribution in [-0.2, 0) is 15.4 Å². The number of hydrogen-bond donors (Lipinski definition) is 0. The first-order valence-corrected chi connectivity index (χ1v) is 27.7. The van der Waals surface area contributed by atoms with Crippen LogP contribution in [-0.4, -0.2) is 0 Å². The van der Waals surface area contributed by atoms with Crippen LogP contribution < -0.4 is 31.8 Å². The molecule has 2 spiro atoms. The lowest BCUT2D eigenvalue weighted by atomic mass is 9.70. The van der Waals surface area contributed by atoms with Crippen LogP contribution in [0.25, 0.3) is 44.5 Å². The maximum Gasteiger partial charge on any atom is 0.171 e. The zero-order valence-corrected chi connectivity index (χ0v) is 40.5. The molecule has 3 heteroatoms. The first-order chi connectivity index (χ1) is 35.1. The van der Waals surface area contributed by atoms with Crippen LogP contribution in [0.5, 0.6) is 0 Å². The number of rotatable bonds is 6. The molecule has 0 heterocycles. The number of benzene rings is 11. The normalized spacial score (nSPS) is 15.4. The van der Waals surface area contributed by atoms with Gasteiger partial charge in [0.2, 0.25) is 0 Å². The van der Waals surface area contributed by atoms with Gasteiger partial charge < -0.3 is 4.57 Å². The van der Waals surface area contributed by atoms with E-state index in [-0.39, 0.29) is 0 Å². The second-order valence-electron chi connectivity index (χ2n) is 19.4. The van der Waals surface area contributed by atoms with Gasteiger partial charge in [0.05, 0.1) is 10.8 Å². The Labute approximate surface area is 415 Å². The molecule has 0 amide bonds. The highest BCUT2D eigenvalue weighted by molar-refractivity contribution is 7.85. The van der Waals surface area contributed by atoms with Crippen molar-refractivity contribution in [2.24, 2.45) is 0 Å². The molecule has 11 aromatic rings. The van der Waals surface area contributed by atoms with Gasteiger partial charge in [0.15, 0.2) is 7.14 Å². The third-order valence-corrected chi connectivity index (χ3v) is 21.7. The summed E-state index contributed by atoms with van der Waals surface area (Å²) in [6.07, 6.45) is 0. The summed E-state index contributed by atoms with van der Waals surface area (Å²) < 4.78 is 16.8. The summed E-state index contributed by atoms with van der Waals surface area (Å²) in [5.41, 5.74) is 19.6. The molecular weight excluding hydrogens is 895 g/mol. The molecule has 11 aromatic carbocycles. The van der Waals surface area contributed by atoms with Crippen molar-refractivity contribution in [3.05, 3.63) is 311 Å². The van der Waals surface area contributed by atoms with E-state index in [1.807, 2.05) is 18.2 Å². The molecule has 0 saturated carbocycles. The van der Waals surface area contributed by atoms with E-state index in [4.69, 9.17) is 0 Å². The lowest BCUT2D eigenvalue weighted by molar-refractivity contribution is 0.592. The van der Waals surface area contributed by atoms with Gasteiger partial charge in [-0.1, -0.05) is 255 Å². The SMILES string of the molecule is O=P(c1ccccc1)(c1ccc(P(c2ccccc2)c2ccc3c(c2)C2(c4ccccc4-c4ccccc42)c2ccccc2-3)cc1)c1ccc2c(c1)C1(c3ccccc3-c3ccccc31)c1ccccc1-2. The first kappa shape index (κ1) is 40.9. The first-order valence-electron chi connectivity index (χ1n) is 24.6. The minimum Gasteiger partial charge on any atom is -0.309 e. The average molecular weight is 939 g/mol. The molecule has 1 nitrogen and oxygen atoms in total. The summed E-state index contributed by atoms with van der Waals surface area (Å²) in [6.45, 7) is 0. The molecule has 71 heavy (non-hydrogen) atoms. The summed E-state index contributed by atoms with van der Waals surface area (Å²) in [5.74, 6) is 0. The topological polar surface area (TPSA) is 17.1 Å². The third-order valence-electron chi connectivity index (χ3n) is 16.2. The van der Waals surface area contributed by atoms with Gasteiger partial charge in [0.25, 0.3) is 0 Å². The van der Waals surface area contributed by atoms with Crippen LogP contribution in [0.3, 0.4) is 0 Å². The third kappa shape index (κ3) is 5.38. The Kier molecular flexibility index (Phi) is 8.81. The fourth-order valence-electron chi connectivity index (χ4n) is 13.4. The fourth-order valence-corrected chi connectivity index (χ4v) is 18.4. The second kappa shape index (κ2) is 15.3. The Balaban J connectivity index is 0.904. The summed E-state index contributed by atoms with van der Waals surface area (Å²) in [6, 6.07) is 97.9. The van der Waals surface area contributed by atoms with Crippen molar-refractivity contribution in [1.82, 2.24) is 0 Å². The molecule has 2 atom stereocenters. The van der Waals surface area contributed by atoms with Crippen LogP contribution in [0.15, 0.2) is 267 Å². The summed E-state index contributed by atoms with van der Waals surface area (Å²) in [4.78, 5) is 0. The molecule has 0 aromatic heterocycles. The molecule has 0 saturated heterocycles. The standard InChI is InChI=1S/C68H44OP2/c69-71(48-21-5-2-6-22-48,50-40-42-58-56-28-12-18-34-64(56)68(66(58)44-50)61-31-15-9-25-53(61)54-26-10-16-32-62(54)68)49-38-35-46(36-39-49)70(45-19-3-1-4-20-45)47-37-41-57-55-27-11-17-33-63(55)67(65(57)43-47)59-29-13-7-23-51(59)52-24-8-14-30-60(52)67/h1-44H. The molecule has 0 fully saturated rings. The Morgan fingerprint density at radius 1 is 0.239 bits per heavy atom. The smallest absolute Gasteiger partial charge is 0.171 e. The van der Waals surface area contributed by atoms with E-state index in [9.17, 15) is 0 Å². The van der Waals surface area contributed by atoms with E-state index >= 15 is 4.57 Å². The Morgan fingerprint density at radius 3 is 0.972 bits per heavy atom. The van der Waals surface area contributed by atoms with E-state index in [2.05, 4.69) is 249 Å². The van der Waals surface area contributed by atoms with Crippen LogP contribution in [0, 0.1) is 0 Å². The highest BCUT2D eigenvalue weighted by Crippen LogP contribution is 2.64. The van der Waals surface area contributed by atoms with Crippen molar-refractivity contribution in [1.29, 1.82) is 0 Å². The van der Waals surface area contributed by atoms with Crippen molar-refractivity contribution in [2.45, 2.75) is 10.8 Å². The Hall–Kier alpha value is -7.92. The molecule has 15 rings (SSSR count). The average Bonchev–Trinajstić information content (AvgIpc) is 4.13. The fraction of sp³-hybridized carbons (Fsp3) is 0.0294. The highest BCUT2D eigenvalue weighted by atomic mass is 31.2. The lowest BCUT2D eigenvalue weighted by Crippen LogP contribution is -2.30. The Bertz CT molecular complexity index is 3910. The molecule has 2 unspecified atom stereocenters. The minimum atomic E-state index is -3.44. The monoisotopic (exact) mass is 938 g/mol. The maximum atomic E-state index is 16.8. The second-order valence-corrected chi connectivity index (χ2v) is 24.4. The van der Waals surface area contributed by atoms with E-state index in [1.165, 1.54) is 105 Å². The van der Waals surface area contributed by atoms with Gasteiger partial charge in [-0.05, 0) is 125 Å². The predicted octanol–water partition coefficient (Wildman–Crippen LogP) is 13.8. The zero-order valence-electron chi connectivity index (χ0n) is 38.7. The van der Waals surface area contributed by atoms with Gasteiger partial charge in [-0.3, -0.25) is 0 Å². The molecule has 4 aliphatic rings. The zero-order chi connectivity index (χ0) is 46.9. The summed E-state index contributed by atoms with van der Waals surface area (Å²) in [7, 11) is -4.47. The summed E-state index contributed by atoms with van der Waals surface area (Å²) >= 11 is 0. The molecule has 4 aliphatic carbocycles. The van der Waals surface area contributed by atoms with E-state index in [0.29, 0.717) is 0 Å². The maximum absolute atomic E-state index is 16.8. The predicted molar refractivity (Wildman–Crippen MR) is 297 cm³/mol. The quantitative estimate of drug-likeness (QED) is 0.152.